The van der Waals surface area contributed by atoms with Crippen LogP contribution in [0.3, 0.4) is 0 Å². The molecule has 0 radical (unpaired) electrons. The molecule has 142 valence electrons. The van der Waals surface area contributed by atoms with E-state index < -0.39 is 21.4 Å². The first-order valence-corrected chi connectivity index (χ1v) is 9.94. The molecule has 1 aromatic carbocycles. The van der Waals surface area contributed by atoms with Gasteiger partial charge in [0.1, 0.15) is 5.75 Å². The number of benzene rings is 1. The van der Waals surface area contributed by atoms with Gasteiger partial charge in [-0.25, -0.2) is 0 Å². The zero-order valence-corrected chi connectivity index (χ0v) is 15.3. The third-order valence-electron chi connectivity index (χ3n) is 5.39. The van der Waals surface area contributed by atoms with E-state index in [1.807, 2.05) is 0 Å². The van der Waals surface area contributed by atoms with Gasteiger partial charge in [0.15, 0.2) is 0 Å². The van der Waals surface area contributed by atoms with Crippen LogP contribution < -0.4 is 15.4 Å². The van der Waals surface area contributed by atoms with Gasteiger partial charge in [-0.15, -0.1) is 0 Å². The first-order valence-electron chi connectivity index (χ1n) is 8.50. The average Bonchev–Trinajstić information content (AvgIpc) is 2.62. The maximum atomic E-state index is 13.0. The van der Waals surface area contributed by atoms with Crippen LogP contribution in [-0.2, 0) is 25.1 Å². The number of hydrogen-bond acceptors (Lipinski definition) is 6. The van der Waals surface area contributed by atoms with Crippen molar-refractivity contribution in [2.45, 2.75) is 36.0 Å². The van der Waals surface area contributed by atoms with Crippen molar-refractivity contribution in [2.75, 3.05) is 20.2 Å². The van der Waals surface area contributed by atoms with E-state index in [0.29, 0.717) is 24.2 Å². The van der Waals surface area contributed by atoms with Crippen LogP contribution in [0.15, 0.2) is 23.1 Å². The summed E-state index contributed by atoms with van der Waals surface area (Å²) < 4.78 is 38.1. The highest BCUT2D eigenvalue weighted by molar-refractivity contribution is 7.85. The van der Waals surface area contributed by atoms with Gasteiger partial charge in [-0.2, -0.15) is 8.42 Å². The highest BCUT2D eigenvalue weighted by Crippen LogP contribution is 2.47. The Balaban J connectivity index is 2.21. The molecular weight excluding hydrogens is 360 g/mol. The summed E-state index contributed by atoms with van der Waals surface area (Å²) in [5, 5.41) is 5.65. The van der Waals surface area contributed by atoms with E-state index in [4.69, 9.17) is 4.74 Å². The van der Waals surface area contributed by atoms with Gasteiger partial charge < -0.3 is 10.1 Å². The second kappa shape index (κ2) is 6.98. The molecular formula is C17H22N2O6S. The minimum atomic E-state index is -4.44. The average molecular weight is 382 g/mol. The van der Waals surface area contributed by atoms with Crippen LogP contribution in [0.2, 0.25) is 0 Å². The number of ether oxygens (including phenoxy) is 1. The Morgan fingerprint density at radius 3 is 2.50 bits per heavy atom. The lowest BCUT2D eigenvalue weighted by atomic mass is 9.62. The van der Waals surface area contributed by atoms with Crippen molar-refractivity contribution < 1.29 is 27.3 Å². The zero-order valence-electron chi connectivity index (χ0n) is 14.4. The van der Waals surface area contributed by atoms with Gasteiger partial charge in [0.25, 0.3) is 10.1 Å². The third-order valence-corrected chi connectivity index (χ3v) is 6.24. The molecule has 1 unspecified atom stereocenters. The molecule has 1 aromatic rings. The van der Waals surface area contributed by atoms with E-state index in [2.05, 4.69) is 10.6 Å². The highest BCUT2D eigenvalue weighted by Gasteiger charge is 2.51. The van der Waals surface area contributed by atoms with Crippen molar-refractivity contribution in [1.82, 2.24) is 10.6 Å². The lowest BCUT2D eigenvalue weighted by Gasteiger charge is -2.44. The molecule has 8 nitrogen and oxygen atoms in total. The van der Waals surface area contributed by atoms with Gasteiger partial charge in [-0.05, 0) is 56.5 Å². The van der Waals surface area contributed by atoms with Crippen LogP contribution >= 0.6 is 0 Å². The van der Waals surface area contributed by atoms with Gasteiger partial charge in [0.2, 0.25) is 11.8 Å². The fourth-order valence-electron chi connectivity index (χ4n) is 4.10. The van der Waals surface area contributed by atoms with E-state index in [1.165, 1.54) is 25.3 Å². The molecule has 2 heterocycles. The summed E-state index contributed by atoms with van der Waals surface area (Å²) in [6.07, 6.45) is 1.85. The monoisotopic (exact) mass is 382 g/mol. The van der Waals surface area contributed by atoms with E-state index in [-0.39, 0.29) is 29.6 Å². The molecule has 2 amide bonds. The first kappa shape index (κ1) is 18.8. The Bertz CT molecular complexity index is 832. The molecule has 2 saturated heterocycles. The van der Waals surface area contributed by atoms with Crippen LogP contribution in [0.1, 0.15) is 31.2 Å². The molecule has 3 rings (SSSR count). The number of amides is 2. The molecule has 2 aliphatic rings. The Hall–Kier alpha value is -1.97. The lowest BCUT2D eigenvalue weighted by Crippen LogP contribution is -2.57. The van der Waals surface area contributed by atoms with Crippen molar-refractivity contribution in [3.05, 3.63) is 23.8 Å². The van der Waals surface area contributed by atoms with Crippen molar-refractivity contribution in [3.8, 4) is 5.75 Å². The Morgan fingerprint density at radius 2 is 1.92 bits per heavy atom. The predicted molar refractivity (Wildman–Crippen MR) is 92.5 cm³/mol. The summed E-state index contributed by atoms with van der Waals surface area (Å²) in [4.78, 5) is 24.5. The molecule has 3 N–H and O–H groups in total. The molecule has 0 saturated carbocycles. The molecule has 0 bridgehead atoms. The normalized spacial score (nSPS) is 25.0. The van der Waals surface area contributed by atoms with Gasteiger partial charge in [-0.1, -0.05) is 0 Å². The summed E-state index contributed by atoms with van der Waals surface area (Å²) in [5.74, 6) is -0.501. The second-order valence-corrected chi connectivity index (χ2v) is 8.13. The Kier molecular flexibility index (Phi) is 5.05. The van der Waals surface area contributed by atoms with Crippen LogP contribution in [0.25, 0.3) is 0 Å². The number of methoxy groups -OCH3 is 1. The van der Waals surface area contributed by atoms with Crippen molar-refractivity contribution in [3.63, 3.8) is 0 Å². The quantitative estimate of drug-likeness (QED) is 0.515. The second-order valence-electron chi connectivity index (χ2n) is 6.71. The summed E-state index contributed by atoms with van der Waals surface area (Å²) in [5.41, 5.74) is -0.686. The summed E-state index contributed by atoms with van der Waals surface area (Å²) >= 11 is 0. The summed E-state index contributed by atoms with van der Waals surface area (Å²) in [6, 6.07) is 3.97. The lowest BCUT2D eigenvalue weighted by molar-refractivity contribution is -0.140. The molecule has 9 heteroatoms. The highest BCUT2D eigenvalue weighted by atomic mass is 32.2. The van der Waals surface area contributed by atoms with E-state index in [0.717, 1.165) is 13.1 Å². The molecule has 2 fully saturated rings. The van der Waals surface area contributed by atoms with Crippen LogP contribution in [-0.4, -0.2) is 45.0 Å². The SMILES string of the molecule is COc1ccc(S(=O)(=O)O)cc1C1(C2CCNCC2)CCC(=O)NC1=O. The molecule has 0 spiro atoms. The van der Waals surface area contributed by atoms with Crippen molar-refractivity contribution in [1.29, 1.82) is 0 Å². The van der Waals surface area contributed by atoms with Crippen molar-refractivity contribution >= 4 is 21.9 Å². The largest absolute Gasteiger partial charge is 0.496 e. The Labute approximate surface area is 152 Å². The third kappa shape index (κ3) is 3.22. The topological polar surface area (TPSA) is 122 Å². The molecule has 26 heavy (non-hydrogen) atoms. The van der Waals surface area contributed by atoms with Crippen molar-refractivity contribution in [2.24, 2.45) is 5.92 Å². The zero-order chi connectivity index (χ0) is 18.9. The number of imide groups is 1. The van der Waals surface area contributed by atoms with Crippen LogP contribution in [0, 0.1) is 5.92 Å². The van der Waals surface area contributed by atoms with Crippen LogP contribution in [0.5, 0.6) is 5.75 Å². The number of rotatable bonds is 4. The fraction of sp³-hybridized carbons (Fsp3) is 0.529. The fourth-order valence-corrected chi connectivity index (χ4v) is 4.61. The molecule has 2 aliphatic heterocycles. The number of carbonyl (C=O) groups is 2. The van der Waals surface area contributed by atoms with E-state index in [9.17, 15) is 22.6 Å². The number of nitrogens with one attached hydrogen (secondary N) is 2. The van der Waals surface area contributed by atoms with Gasteiger partial charge in [-0.3, -0.25) is 19.5 Å². The minimum Gasteiger partial charge on any atom is -0.496 e. The molecule has 0 aliphatic carbocycles. The summed E-state index contributed by atoms with van der Waals surface area (Å²) in [7, 11) is -3.00. The van der Waals surface area contributed by atoms with E-state index in [1.54, 1.807) is 0 Å². The maximum absolute atomic E-state index is 13.0. The Morgan fingerprint density at radius 1 is 1.23 bits per heavy atom. The van der Waals surface area contributed by atoms with E-state index >= 15 is 0 Å². The van der Waals surface area contributed by atoms with Gasteiger partial charge in [0, 0.05) is 12.0 Å². The number of carbonyl (C=O) groups excluding carboxylic acids is 2. The smallest absolute Gasteiger partial charge is 0.294 e. The number of piperidine rings is 2. The van der Waals surface area contributed by atoms with Gasteiger partial charge in [0.05, 0.1) is 17.4 Å². The summed E-state index contributed by atoms with van der Waals surface area (Å²) in [6.45, 7) is 1.46. The molecule has 1 atom stereocenters. The predicted octanol–water partition coefficient (Wildman–Crippen LogP) is 0.616. The first-order chi connectivity index (χ1) is 12.3. The maximum Gasteiger partial charge on any atom is 0.294 e. The minimum absolute atomic E-state index is 0.0811. The van der Waals surface area contributed by atoms with Gasteiger partial charge >= 0.3 is 0 Å². The standard InChI is InChI=1S/C17H22N2O6S/c1-25-14-3-2-12(26(22,23)24)10-13(14)17(11-5-8-18-9-6-11)7-4-15(20)19-16(17)21/h2-3,10-11,18H,4-9H2,1H3,(H,19,20,21)(H,22,23,24). The molecule has 0 aromatic heterocycles. The number of hydrogen-bond donors (Lipinski definition) is 3. The van der Waals surface area contributed by atoms with Crippen LogP contribution in [0.4, 0.5) is 0 Å².